The third-order valence-electron chi connectivity index (χ3n) is 12.6. The summed E-state index contributed by atoms with van der Waals surface area (Å²) in [6.45, 7) is 48.7. The van der Waals surface area contributed by atoms with E-state index in [9.17, 15) is 4.79 Å². The number of benzene rings is 1. The van der Waals surface area contributed by atoms with Gasteiger partial charge < -0.3 is 17.7 Å². The summed E-state index contributed by atoms with van der Waals surface area (Å²) in [5.74, 6) is 0. The van der Waals surface area contributed by atoms with Crippen molar-refractivity contribution in [1.29, 1.82) is 0 Å². The molecular weight excluding hydrogens is 663 g/mol. The van der Waals surface area contributed by atoms with Crippen LogP contribution in [0.3, 0.4) is 0 Å². The van der Waals surface area contributed by atoms with Crippen molar-refractivity contribution < 1.29 is 22.5 Å². The number of rotatable bonds is 12. The fourth-order valence-corrected chi connectivity index (χ4v) is 9.90. The summed E-state index contributed by atoms with van der Waals surface area (Å²) in [5.41, 5.74) is 1.86. The number of hydrogen-bond donors (Lipinski definition) is 0. The summed E-state index contributed by atoms with van der Waals surface area (Å²) >= 11 is 0. The van der Waals surface area contributed by atoms with Gasteiger partial charge in [0.05, 0.1) is 31.0 Å². The second kappa shape index (κ2) is 14.9. The van der Waals surface area contributed by atoms with Crippen molar-refractivity contribution in [3.05, 3.63) is 35.4 Å². The van der Waals surface area contributed by atoms with Gasteiger partial charge in [0, 0.05) is 18.7 Å². The Labute approximate surface area is 300 Å². The first-order chi connectivity index (χ1) is 21.3. The van der Waals surface area contributed by atoms with E-state index >= 15 is 0 Å². The average Bonchev–Trinajstić information content (AvgIpc) is 2.87. The van der Waals surface area contributed by atoms with Crippen molar-refractivity contribution in [2.75, 3.05) is 13.2 Å². The van der Waals surface area contributed by atoms with Crippen molar-refractivity contribution in [2.45, 2.75) is 187 Å². The van der Waals surface area contributed by atoms with Gasteiger partial charge in [-0.3, -0.25) is 9.69 Å². The highest BCUT2D eigenvalue weighted by Crippen LogP contribution is 2.46. The summed E-state index contributed by atoms with van der Waals surface area (Å²) in [6.07, 6.45) is 0.293. The van der Waals surface area contributed by atoms with Gasteiger partial charge in [-0.15, -0.1) is 0 Å². The lowest BCUT2D eigenvalue weighted by molar-refractivity contribution is -0.130. The van der Waals surface area contributed by atoms with Gasteiger partial charge in [0.2, 0.25) is 0 Å². The molecule has 0 bridgehead atoms. The Kier molecular flexibility index (Phi) is 13.6. The Morgan fingerprint density at radius 1 is 0.625 bits per heavy atom. The molecule has 0 radical (unpaired) electrons. The molecule has 1 aromatic rings. The average molecular weight is 738 g/mol. The van der Waals surface area contributed by atoms with E-state index in [1.807, 2.05) is 12.1 Å². The van der Waals surface area contributed by atoms with Gasteiger partial charge in [-0.05, 0) is 78.1 Å². The molecule has 10 heteroatoms. The van der Waals surface area contributed by atoms with Crippen molar-refractivity contribution in [1.82, 2.24) is 4.90 Å². The van der Waals surface area contributed by atoms with Crippen LogP contribution in [0.1, 0.15) is 99.0 Å². The van der Waals surface area contributed by atoms with E-state index in [1.165, 1.54) is 5.56 Å². The van der Waals surface area contributed by atoms with Crippen molar-refractivity contribution in [3.63, 3.8) is 0 Å². The molecule has 3 unspecified atom stereocenters. The molecular formula is C38H75NO5Si4. The molecule has 2 rings (SSSR count). The third kappa shape index (κ3) is 10.6. The van der Waals surface area contributed by atoms with Crippen molar-refractivity contribution >= 4 is 39.6 Å². The molecule has 48 heavy (non-hydrogen) atoms. The molecule has 4 atom stereocenters. The molecule has 0 saturated carbocycles. The van der Waals surface area contributed by atoms with Crippen LogP contribution >= 0.6 is 0 Å². The number of aldehydes is 1. The summed E-state index contributed by atoms with van der Waals surface area (Å²) in [6, 6.07) is 7.98. The summed E-state index contributed by atoms with van der Waals surface area (Å²) in [5, 5.41) is 0.169. The van der Waals surface area contributed by atoms with Gasteiger partial charge in [-0.25, -0.2) is 0 Å². The fraction of sp³-hybridized carbons (Fsp3) is 0.816. The molecule has 278 valence electrons. The molecule has 1 aromatic carbocycles. The van der Waals surface area contributed by atoms with E-state index in [2.05, 4.69) is 152 Å². The Morgan fingerprint density at radius 3 is 1.42 bits per heavy atom. The zero-order valence-corrected chi connectivity index (χ0v) is 38.8. The zero-order valence-electron chi connectivity index (χ0n) is 34.8. The minimum absolute atomic E-state index is 0.0160. The number of carbonyl (C=O) groups excluding carboxylic acids is 1. The quantitative estimate of drug-likeness (QED) is 0.157. The van der Waals surface area contributed by atoms with Crippen molar-refractivity contribution in [2.24, 2.45) is 0 Å². The number of hydrogen-bond acceptors (Lipinski definition) is 6. The Morgan fingerprint density at radius 2 is 1.02 bits per heavy atom. The lowest BCUT2D eigenvalue weighted by atomic mass is 9.93. The first kappa shape index (κ1) is 43.7. The van der Waals surface area contributed by atoms with E-state index in [1.54, 1.807) is 0 Å². The van der Waals surface area contributed by atoms with Crippen LogP contribution in [0.5, 0.6) is 0 Å². The van der Waals surface area contributed by atoms with Crippen LogP contribution in [0.15, 0.2) is 24.3 Å². The molecule has 0 spiro atoms. The number of likely N-dealkylation sites (tertiary alicyclic amines) is 1. The highest BCUT2D eigenvalue weighted by atomic mass is 28.4. The predicted octanol–water partition coefficient (Wildman–Crippen LogP) is 10.9. The standard InChI is InChI=1S/C38H75NO5Si4/c1-35(2,3)45(13,14)41-28-31-33(43-47(17,18)37(7,8)9)34(44-48(19,20)38(10,11)12)32(42-46(15,16)36(4,5)6)26-39(31)25-29-21-23-30(27-40)24-22-29/h21-24,27,31-34H,25-26,28H2,1-20H3/t31-,32?,33?,34?/m1/s1. The molecule has 1 saturated heterocycles. The summed E-state index contributed by atoms with van der Waals surface area (Å²) in [4.78, 5) is 14.1. The molecule has 0 N–H and O–H groups in total. The van der Waals surface area contributed by atoms with Gasteiger partial charge >= 0.3 is 0 Å². The predicted molar refractivity (Wildman–Crippen MR) is 215 cm³/mol. The molecule has 6 nitrogen and oxygen atoms in total. The van der Waals surface area contributed by atoms with Crippen LogP contribution < -0.4 is 0 Å². The number of nitrogens with zero attached hydrogens (tertiary/aromatic N) is 1. The molecule has 1 fully saturated rings. The lowest BCUT2D eigenvalue weighted by Gasteiger charge is -2.56. The minimum Gasteiger partial charge on any atom is -0.415 e. The summed E-state index contributed by atoms with van der Waals surface area (Å²) < 4.78 is 29.8. The van der Waals surface area contributed by atoms with Gasteiger partial charge in [-0.1, -0.05) is 107 Å². The first-order valence-corrected chi connectivity index (χ1v) is 29.9. The topological polar surface area (TPSA) is 57.2 Å². The van der Waals surface area contributed by atoms with Crippen molar-refractivity contribution in [3.8, 4) is 0 Å². The smallest absolute Gasteiger partial charge is 0.192 e. The van der Waals surface area contributed by atoms with Crippen LogP contribution in [0.2, 0.25) is 72.5 Å². The Hall–Kier alpha value is -0.442. The zero-order chi connectivity index (χ0) is 37.5. The molecule has 0 aromatic heterocycles. The van der Waals surface area contributed by atoms with E-state index in [-0.39, 0.29) is 44.5 Å². The largest absolute Gasteiger partial charge is 0.415 e. The number of carbonyl (C=O) groups is 1. The maximum Gasteiger partial charge on any atom is 0.192 e. The third-order valence-corrected chi connectivity index (χ3v) is 30.6. The maximum atomic E-state index is 11.5. The SMILES string of the molecule is CC(C)(C)[Si](C)(C)OC[C@@H]1C(O[Si](C)(C)C(C)(C)C)C(O[Si](C)(C)C(C)(C)C)C(O[Si](C)(C)C(C)(C)C)CN1Cc1ccc(C=O)cc1. The van der Waals surface area contributed by atoms with Crippen LogP contribution in [-0.4, -0.2) is 82.0 Å². The normalized spacial score (nSPS) is 23.0. The van der Waals surface area contributed by atoms with Gasteiger partial charge in [0.1, 0.15) is 6.29 Å². The Bertz CT molecular complexity index is 1200. The minimum atomic E-state index is -2.29. The number of piperidine rings is 1. The lowest BCUT2D eigenvalue weighted by Crippen LogP contribution is -2.70. The van der Waals surface area contributed by atoms with Crippen LogP contribution in [0.4, 0.5) is 0 Å². The van der Waals surface area contributed by atoms with Crippen LogP contribution in [0.25, 0.3) is 0 Å². The molecule has 1 aliphatic heterocycles. The Balaban J connectivity index is 2.88. The second-order valence-electron chi connectivity index (χ2n) is 20.5. The first-order valence-electron chi connectivity index (χ1n) is 18.2. The summed E-state index contributed by atoms with van der Waals surface area (Å²) in [7, 11) is -8.84. The van der Waals surface area contributed by atoms with E-state index in [4.69, 9.17) is 17.7 Å². The van der Waals surface area contributed by atoms with Crippen LogP contribution in [0, 0.1) is 0 Å². The molecule has 0 amide bonds. The van der Waals surface area contributed by atoms with Gasteiger partial charge in [0.25, 0.3) is 0 Å². The molecule has 0 aliphatic carbocycles. The highest BCUT2D eigenvalue weighted by molar-refractivity contribution is 6.75. The van der Waals surface area contributed by atoms with Gasteiger partial charge in [0.15, 0.2) is 33.3 Å². The van der Waals surface area contributed by atoms with E-state index in [0.29, 0.717) is 18.7 Å². The van der Waals surface area contributed by atoms with Crippen LogP contribution in [-0.2, 0) is 24.2 Å². The monoisotopic (exact) mass is 737 g/mol. The maximum absolute atomic E-state index is 11.5. The highest BCUT2D eigenvalue weighted by Gasteiger charge is 2.55. The van der Waals surface area contributed by atoms with E-state index in [0.717, 1.165) is 12.8 Å². The molecule has 1 heterocycles. The molecule has 1 aliphatic rings. The second-order valence-corrected chi connectivity index (χ2v) is 39.6. The fourth-order valence-electron chi connectivity index (χ4n) is 4.92. The van der Waals surface area contributed by atoms with E-state index < -0.39 is 33.3 Å². The van der Waals surface area contributed by atoms with Gasteiger partial charge in [-0.2, -0.15) is 0 Å².